The van der Waals surface area contributed by atoms with Gasteiger partial charge < -0.3 is 9.47 Å². The second-order valence-corrected chi connectivity index (χ2v) is 7.19. The molecule has 1 aliphatic carbocycles. The third kappa shape index (κ3) is 3.40. The molecule has 4 heteroatoms. The maximum Gasteiger partial charge on any atom is 0.333 e. The number of esters is 1. The first kappa shape index (κ1) is 17.6. The van der Waals surface area contributed by atoms with Gasteiger partial charge in [0.05, 0.1) is 6.10 Å². The fourth-order valence-electron chi connectivity index (χ4n) is 3.17. The minimum atomic E-state index is -0.500. The number of ether oxygens (including phenoxy) is 2. The van der Waals surface area contributed by atoms with E-state index in [-0.39, 0.29) is 23.4 Å². The van der Waals surface area contributed by atoms with Gasteiger partial charge in [-0.2, -0.15) is 12.6 Å². The van der Waals surface area contributed by atoms with Crippen LogP contribution in [0.25, 0.3) is 0 Å². The molecule has 1 saturated carbocycles. The van der Waals surface area contributed by atoms with E-state index in [1.165, 1.54) is 0 Å². The standard InChI is InChI=1S/C16H28O3S/c1-11(2)14(17)19-16(15(3,4)5)8-7-13(18-6)9-12(16)10-20/h12-13,20H,1,7-10H2,2-6H3. The lowest BCUT2D eigenvalue weighted by Crippen LogP contribution is -2.57. The van der Waals surface area contributed by atoms with Crippen LogP contribution in [-0.4, -0.2) is 30.5 Å². The molecule has 20 heavy (non-hydrogen) atoms. The van der Waals surface area contributed by atoms with E-state index in [2.05, 4.69) is 40.0 Å². The van der Waals surface area contributed by atoms with E-state index in [1.54, 1.807) is 14.0 Å². The zero-order valence-electron chi connectivity index (χ0n) is 13.4. The molecule has 1 rings (SSSR count). The summed E-state index contributed by atoms with van der Waals surface area (Å²) in [5.74, 6) is 0.566. The SMILES string of the molecule is C=C(C)C(=O)OC1(C(C)(C)C)CCC(OC)CC1CS. The van der Waals surface area contributed by atoms with Crippen LogP contribution in [0, 0.1) is 11.3 Å². The highest BCUT2D eigenvalue weighted by Crippen LogP contribution is 2.49. The summed E-state index contributed by atoms with van der Waals surface area (Å²) < 4.78 is 11.4. The van der Waals surface area contributed by atoms with E-state index in [1.807, 2.05) is 0 Å². The molecule has 116 valence electrons. The predicted molar refractivity (Wildman–Crippen MR) is 85.1 cm³/mol. The monoisotopic (exact) mass is 300 g/mol. The van der Waals surface area contributed by atoms with E-state index < -0.39 is 5.60 Å². The lowest BCUT2D eigenvalue weighted by molar-refractivity contribution is -0.193. The fourth-order valence-corrected chi connectivity index (χ4v) is 3.61. The molecule has 0 bridgehead atoms. The molecular formula is C16H28O3S. The highest BCUT2D eigenvalue weighted by molar-refractivity contribution is 7.80. The summed E-state index contributed by atoms with van der Waals surface area (Å²) in [7, 11) is 1.74. The Morgan fingerprint density at radius 2 is 2.05 bits per heavy atom. The van der Waals surface area contributed by atoms with Crippen molar-refractivity contribution < 1.29 is 14.3 Å². The molecule has 3 atom stereocenters. The van der Waals surface area contributed by atoms with Gasteiger partial charge in [-0.05, 0) is 31.9 Å². The van der Waals surface area contributed by atoms with Crippen molar-refractivity contribution in [3.8, 4) is 0 Å². The van der Waals surface area contributed by atoms with Crippen LogP contribution in [0.3, 0.4) is 0 Å². The Labute approximate surface area is 128 Å². The van der Waals surface area contributed by atoms with Gasteiger partial charge in [-0.25, -0.2) is 4.79 Å². The smallest absolute Gasteiger partial charge is 0.333 e. The Hall–Kier alpha value is -0.480. The molecule has 1 fully saturated rings. The summed E-state index contributed by atoms with van der Waals surface area (Å²) in [6.07, 6.45) is 2.81. The van der Waals surface area contributed by atoms with E-state index in [0.717, 1.165) is 19.3 Å². The Morgan fingerprint density at radius 1 is 1.45 bits per heavy atom. The van der Waals surface area contributed by atoms with Crippen molar-refractivity contribution in [3.63, 3.8) is 0 Å². The van der Waals surface area contributed by atoms with Crippen molar-refractivity contribution in [2.45, 2.75) is 58.7 Å². The average molecular weight is 300 g/mol. The molecule has 0 heterocycles. The summed E-state index contributed by atoms with van der Waals surface area (Å²) in [6, 6.07) is 0. The highest BCUT2D eigenvalue weighted by Gasteiger charge is 2.53. The molecule has 0 aromatic rings. The van der Waals surface area contributed by atoms with Crippen LogP contribution in [0.2, 0.25) is 0 Å². The van der Waals surface area contributed by atoms with Gasteiger partial charge >= 0.3 is 5.97 Å². The largest absolute Gasteiger partial charge is 0.455 e. The van der Waals surface area contributed by atoms with Gasteiger partial charge in [0.15, 0.2) is 0 Å². The van der Waals surface area contributed by atoms with Crippen molar-refractivity contribution >= 4 is 18.6 Å². The molecule has 1 aliphatic rings. The zero-order valence-corrected chi connectivity index (χ0v) is 14.3. The van der Waals surface area contributed by atoms with Crippen LogP contribution < -0.4 is 0 Å². The summed E-state index contributed by atoms with van der Waals surface area (Å²) in [5, 5.41) is 0. The van der Waals surface area contributed by atoms with Gasteiger partial charge in [0, 0.05) is 24.0 Å². The number of rotatable bonds is 4. The molecule has 0 radical (unpaired) electrons. The highest BCUT2D eigenvalue weighted by atomic mass is 32.1. The molecule has 0 amide bonds. The van der Waals surface area contributed by atoms with Crippen molar-refractivity contribution in [1.29, 1.82) is 0 Å². The molecule has 0 aliphatic heterocycles. The molecule has 3 nitrogen and oxygen atoms in total. The lowest BCUT2D eigenvalue weighted by Gasteiger charge is -2.52. The normalized spacial score (nSPS) is 30.9. The second-order valence-electron chi connectivity index (χ2n) is 6.82. The third-order valence-corrected chi connectivity index (χ3v) is 4.93. The van der Waals surface area contributed by atoms with Crippen molar-refractivity contribution in [2.75, 3.05) is 12.9 Å². The molecule has 0 aromatic heterocycles. The van der Waals surface area contributed by atoms with Crippen molar-refractivity contribution in [3.05, 3.63) is 12.2 Å². The number of methoxy groups -OCH3 is 1. The van der Waals surface area contributed by atoms with E-state index in [4.69, 9.17) is 9.47 Å². The summed E-state index contributed by atoms with van der Waals surface area (Å²) in [4.78, 5) is 12.1. The maximum atomic E-state index is 12.1. The van der Waals surface area contributed by atoms with Crippen LogP contribution in [-0.2, 0) is 14.3 Å². The van der Waals surface area contributed by atoms with Crippen LogP contribution in [0.1, 0.15) is 47.0 Å². The molecule has 3 unspecified atom stereocenters. The molecule has 0 N–H and O–H groups in total. The summed E-state index contributed by atoms with van der Waals surface area (Å²) in [6.45, 7) is 11.8. The minimum Gasteiger partial charge on any atom is -0.455 e. The fraction of sp³-hybridized carbons (Fsp3) is 0.812. The minimum absolute atomic E-state index is 0.149. The summed E-state index contributed by atoms with van der Waals surface area (Å²) >= 11 is 4.49. The number of carbonyl (C=O) groups is 1. The van der Waals surface area contributed by atoms with Crippen LogP contribution in [0.4, 0.5) is 0 Å². The van der Waals surface area contributed by atoms with Crippen LogP contribution in [0.15, 0.2) is 12.2 Å². The van der Waals surface area contributed by atoms with Crippen LogP contribution >= 0.6 is 12.6 Å². The van der Waals surface area contributed by atoms with E-state index in [9.17, 15) is 4.79 Å². The van der Waals surface area contributed by atoms with Gasteiger partial charge in [-0.15, -0.1) is 0 Å². The second kappa shape index (κ2) is 6.52. The molecular weight excluding hydrogens is 272 g/mol. The third-order valence-electron chi connectivity index (χ3n) is 4.49. The van der Waals surface area contributed by atoms with E-state index >= 15 is 0 Å². The first-order valence-electron chi connectivity index (χ1n) is 7.20. The van der Waals surface area contributed by atoms with Crippen molar-refractivity contribution in [2.24, 2.45) is 11.3 Å². The number of hydrogen-bond acceptors (Lipinski definition) is 4. The Kier molecular flexibility index (Phi) is 5.73. The first-order valence-corrected chi connectivity index (χ1v) is 7.83. The van der Waals surface area contributed by atoms with Gasteiger partial charge in [0.25, 0.3) is 0 Å². The predicted octanol–water partition coefficient (Wildman–Crippen LogP) is 3.64. The number of thiol groups is 1. The van der Waals surface area contributed by atoms with Gasteiger partial charge in [-0.3, -0.25) is 0 Å². The quantitative estimate of drug-likeness (QED) is 0.489. The average Bonchev–Trinajstić information content (AvgIpc) is 2.37. The number of carbonyl (C=O) groups excluding carboxylic acids is 1. The Morgan fingerprint density at radius 3 is 2.45 bits per heavy atom. The van der Waals surface area contributed by atoms with E-state index in [0.29, 0.717) is 11.3 Å². The zero-order chi connectivity index (χ0) is 15.6. The molecule has 0 saturated heterocycles. The lowest BCUT2D eigenvalue weighted by atomic mass is 9.62. The van der Waals surface area contributed by atoms with Crippen LogP contribution in [0.5, 0.6) is 0 Å². The molecule has 0 spiro atoms. The van der Waals surface area contributed by atoms with Gasteiger partial charge in [0.1, 0.15) is 5.60 Å². The Bertz CT molecular complexity index is 372. The first-order chi connectivity index (χ1) is 9.17. The topological polar surface area (TPSA) is 35.5 Å². The number of hydrogen-bond donors (Lipinski definition) is 1. The Balaban J connectivity index is 3.11. The molecule has 0 aromatic carbocycles. The summed E-state index contributed by atoms with van der Waals surface area (Å²) in [5.41, 5.74) is -0.204. The van der Waals surface area contributed by atoms with Gasteiger partial charge in [0.2, 0.25) is 0 Å². The van der Waals surface area contributed by atoms with Gasteiger partial charge in [-0.1, -0.05) is 27.4 Å². The van der Waals surface area contributed by atoms with Crippen molar-refractivity contribution in [1.82, 2.24) is 0 Å². The maximum absolute atomic E-state index is 12.1.